The first-order valence-electron chi connectivity index (χ1n) is 9.36. The molecule has 1 fully saturated rings. The van der Waals surface area contributed by atoms with Crippen LogP contribution in [0.2, 0.25) is 0 Å². The maximum absolute atomic E-state index is 13.1. The summed E-state index contributed by atoms with van der Waals surface area (Å²) in [6.45, 7) is 3.24. The molecule has 4 rings (SSSR count). The molecule has 1 aliphatic heterocycles. The number of rotatable bonds is 4. The van der Waals surface area contributed by atoms with Crippen LogP contribution < -0.4 is 21.8 Å². The molecule has 1 aliphatic rings. The van der Waals surface area contributed by atoms with E-state index in [-0.39, 0.29) is 17.2 Å². The third-order valence-electron chi connectivity index (χ3n) is 5.04. The van der Waals surface area contributed by atoms with Gasteiger partial charge in [-0.1, -0.05) is 30.3 Å². The summed E-state index contributed by atoms with van der Waals surface area (Å²) in [4.78, 5) is 68.8. The number of aryl methyl sites for hydroxylation is 2. The Morgan fingerprint density at radius 1 is 0.968 bits per heavy atom. The molecule has 1 atom stereocenters. The smallest absolute Gasteiger partial charge is 0.293 e. The minimum absolute atomic E-state index is 0.0242. The summed E-state index contributed by atoms with van der Waals surface area (Å²) in [5.74, 6) is -4.04. The molecule has 11 heteroatoms. The molecule has 3 aromatic rings. The molecule has 11 nitrogen and oxygen atoms in total. The number of benzene rings is 1. The van der Waals surface area contributed by atoms with Crippen molar-refractivity contribution in [3.05, 3.63) is 79.6 Å². The molecule has 0 radical (unpaired) electrons. The van der Waals surface area contributed by atoms with E-state index in [9.17, 15) is 24.0 Å². The second-order valence-corrected chi connectivity index (χ2v) is 7.18. The van der Waals surface area contributed by atoms with Gasteiger partial charge in [0.25, 0.3) is 11.1 Å². The minimum Gasteiger partial charge on any atom is -0.293 e. The molecule has 3 heterocycles. The average molecular weight is 422 g/mol. The molecule has 0 saturated carbocycles. The van der Waals surface area contributed by atoms with Gasteiger partial charge in [0.1, 0.15) is 5.92 Å². The Morgan fingerprint density at radius 2 is 1.61 bits per heavy atom. The Labute approximate surface area is 174 Å². The van der Waals surface area contributed by atoms with Crippen molar-refractivity contribution in [2.45, 2.75) is 19.8 Å². The summed E-state index contributed by atoms with van der Waals surface area (Å²) in [5.41, 5.74) is 0.380. The fourth-order valence-electron chi connectivity index (χ4n) is 3.74. The monoisotopic (exact) mass is 422 g/mol. The van der Waals surface area contributed by atoms with Gasteiger partial charge in [-0.25, -0.2) is 9.78 Å². The number of imide groups is 2. The first kappa shape index (κ1) is 20.0. The summed E-state index contributed by atoms with van der Waals surface area (Å²) in [5, 5.41) is 6.93. The normalized spacial score (nSPS) is 15.5. The van der Waals surface area contributed by atoms with E-state index < -0.39 is 40.8 Å². The van der Waals surface area contributed by atoms with Gasteiger partial charge in [-0.05, 0) is 19.4 Å². The van der Waals surface area contributed by atoms with E-state index in [1.54, 1.807) is 44.2 Å². The van der Waals surface area contributed by atoms with Crippen molar-refractivity contribution in [1.82, 2.24) is 30.4 Å². The van der Waals surface area contributed by atoms with E-state index in [0.29, 0.717) is 11.3 Å². The predicted octanol–water partition coefficient (Wildman–Crippen LogP) is -0.0202. The van der Waals surface area contributed by atoms with Crippen LogP contribution in [0, 0.1) is 19.8 Å². The van der Waals surface area contributed by atoms with Crippen molar-refractivity contribution in [2.75, 3.05) is 0 Å². The number of carbonyl (C=O) groups excluding carboxylic acids is 3. The molecule has 1 aromatic carbocycles. The highest BCUT2D eigenvalue weighted by atomic mass is 16.2. The van der Waals surface area contributed by atoms with Crippen molar-refractivity contribution in [3.63, 3.8) is 0 Å². The number of amides is 4. The molecule has 4 N–H and O–H groups in total. The predicted molar refractivity (Wildman–Crippen MR) is 108 cm³/mol. The van der Waals surface area contributed by atoms with Crippen molar-refractivity contribution in [1.29, 1.82) is 0 Å². The summed E-state index contributed by atoms with van der Waals surface area (Å²) < 4.78 is 1.09. The molecular weight excluding hydrogens is 404 g/mol. The van der Waals surface area contributed by atoms with Crippen molar-refractivity contribution in [3.8, 4) is 5.95 Å². The Bertz CT molecular complexity index is 1300. The lowest BCUT2D eigenvalue weighted by atomic mass is 9.79. The molecule has 158 valence electrons. The molecule has 0 aliphatic carbocycles. The highest BCUT2D eigenvalue weighted by Crippen LogP contribution is 2.33. The van der Waals surface area contributed by atoms with Gasteiger partial charge >= 0.3 is 6.03 Å². The zero-order valence-electron chi connectivity index (χ0n) is 16.6. The lowest BCUT2D eigenvalue weighted by Gasteiger charge is -2.29. The maximum atomic E-state index is 13.1. The summed E-state index contributed by atoms with van der Waals surface area (Å²) in [6, 6.07) is 8.95. The average Bonchev–Trinajstić information content (AvgIpc) is 3.04. The molecular formula is C20H18N6O5. The number of carbonyl (C=O) groups is 3. The Balaban J connectivity index is 1.90. The number of barbiturate groups is 1. The Kier molecular flexibility index (Phi) is 4.85. The second kappa shape index (κ2) is 7.52. The maximum Gasteiger partial charge on any atom is 0.328 e. The van der Waals surface area contributed by atoms with Crippen molar-refractivity contribution >= 4 is 17.8 Å². The number of nitrogens with one attached hydrogen (secondary N) is 4. The van der Waals surface area contributed by atoms with Crippen LogP contribution in [0.25, 0.3) is 5.95 Å². The van der Waals surface area contributed by atoms with Gasteiger partial charge in [0.15, 0.2) is 0 Å². The van der Waals surface area contributed by atoms with Crippen LogP contribution >= 0.6 is 0 Å². The first-order valence-corrected chi connectivity index (χ1v) is 9.36. The van der Waals surface area contributed by atoms with Gasteiger partial charge in [0.05, 0.1) is 5.69 Å². The summed E-state index contributed by atoms with van der Waals surface area (Å²) in [6.07, 6.45) is 0. The van der Waals surface area contributed by atoms with Gasteiger partial charge in [-0.3, -0.25) is 39.9 Å². The fraction of sp³-hybridized carbons (Fsp3) is 0.200. The van der Waals surface area contributed by atoms with Crippen LogP contribution in [0.5, 0.6) is 0 Å². The van der Waals surface area contributed by atoms with Crippen LogP contribution in [0.15, 0.2) is 46.0 Å². The van der Waals surface area contributed by atoms with Crippen LogP contribution in [0.4, 0.5) is 4.79 Å². The molecule has 0 bridgehead atoms. The van der Waals surface area contributed by atoms with E-state index in [4.69, 9.17) is 0 Å². The first-order chi connectivity index (χ1) is 14.8. The SMILES string of the molecule is Cc1cc(=O)n(-c2nc(C)c(C(c3ccccc3)C3C(=O)NC(=O)NC3=O)c(=O)[nH]2)[nH]1. The van der Waals surface area contributed by atoms with Crippen LogP contribution in [-0.4, -0.2) is 37.6 Å². The molecule has 0 spiro atoms. The highest BCUT2D eigenvalue weighted by molar-refractivity contribution is 6.16. The number of hydrogen-bond acceptors (Lipinski definition) is 6. The zero-order chi connectivity index (χ0) is 22.3. The van der Waals surface area contributed by atoms with Gasteiger partial charge in [-0.2, -0.15) is 4.68 Å². The molecule has 4 amide bonds. The van der Waals surface area contributed by atoms with Gasteiger partial charge in [0, 0.05) is 23.2 Å². The molecule has 31 heavy (non-hydrogen) atoms. The number of urea groups is 1. The third kappa shape index (κ3) is 3.56. The largest absolute Gasteiger partial charge is 0.328 e. The lowest BCUT2D eigenvalue weighted by Crippen LogP contribution is -2.57. The van der Waals surface area contributed by atoms with Crippen LogP contribution in [0.3, 0.4) is 0 Å². The van der Waals surface area contributed by atoms with Crippen molar-refractivity contribution in [2.24, 2.45) is 5.92 Å². The number of aromatic nitrogens is 4. The number of nitrogens with zero attached hydrogens (tertiary/aromatic N) is 2. The zero-order valence-corrected chi connectivity index (χ0v) is 16.6. The quantitative estimate of drug-likeness (QED) is 0.433. The van der Waals surface area contributed by atoms with E-state index >= 15 is 0 Å². The van der Waals surface area contributed by atoms with Crippen LogP contribution in [0.1, 0.15) is 28.4 Å². The topological polar surface area (TPSA) is 159 Å². The summed E-state index contributed by atoms with van der Waals surface area (Å²) >= 11 is 0. The molecule has 1 unspecified atom stereocenters. The Morgan fingerprint density at radius 3 is 2.16 bits per heavy atom. The number of hydrogen-bond donors (Lipinski definition) is 4. The minimum atomic E-state index is -1.37. The van der Waals surface area contributed by atoms with Crippen molar-refractivity contribution < 1.29 is 14.4 Å². The second-order valence-electron chi connectivity index (χ2n) is 7.18. The van der Waals surface area contributed by atoms with E-state index in [2.05, 4.69) is 25.7 Å². The van der Waals surface area contributed by atoms with E-state index in [1.165, 1.54) is 6.07 Å². The highest BCUT2D eigenvalue weighted by Gasteiger charge is 2.43. The molecule has 2 aromatic heterocycles. The number of H-pyrrole nitrogens is 2. The standard InChI is InChI=1S/C20H18N6O5/c1-9-8-12(27)26(25-9)19-21-10(2)13(16(28)22-19)14(11-6-4-3-5-7-11)15-17(29)23-20(31)24-18(15)30/h3-8,14-15,25H,1-2H3,(H,21,22,28)(H2,23,24,29,30,31). The fourth-order valence-corrected chi connectivity index (χ4v) is 3.74. The van der Waals surface area contributed by atoms with Gasteiger partial charge in [0.2, 0.25) is 17.8 Å². The molecule has 1 saturated heterocycles. The van der Waals surface area contributed by atoms with E-state index in [1.807, 2.05) is 0 Å². The van der Waals surface area contributed by atoms with E-state index in [0.717, 1.165) is 4.68 Å². The van der Waals surface area contributed by atoms with Gasteiger partial charge in [-0.15, -0.1) is 0 Å². The van der Waals surface area contributed by atoms with Gasteiger partial charge < -0.3 is 0 Å². The Hall–Kier alpha value is -4.28. The third-order valence-corrected chi connectivity index (χ3v) is 5.04. The number of aromatic amines is 2. The summed E-state index contributed by atoms with van der Waals surface area (Å²) in [7, 11) is 0. The van der Waals surface area contributed by atoms with Crippen LogP contribution in [-0.2, 0) is 9.59 Å². The lowest BCUT2D eigenvalue weighted by molar-refractivity contribution is -0.136.